The molecule has 9 heteroatoms. The van der Waals surface area contributed by atoms with Gasteiger partial charge in [0.05, 0.1) is 17.7 Å². The van der Waals surface area contributed by atoms with Crippen LogP contribution in [0.2, 0.25) is 0 Å². The van der Waals surface area contributed by atoms with Gasteiger partial charge in [-0.15, -0.1) is 12.4 Å². The van der Waals surface area contributed by atoms with E-state index in [-0.39, 0.29) is 25.8 Å². The zero-order valence-electron chi connectivity index (χ0n) is 18.6. The first-order valence-corrected chi connectivity index (χ1v) is 11.3. The summed E-state index contributed by atoms with van der Waals surface area (Å²) in [5.41, 5.74) is 2.50. The Labute approximate surface area is 213 Å². The summed E-state index contributed by atoms with van der Waals surface area (Å²) in [4.78, 5) is 0. The fraction of sp³-hybridized carbons (Fsp3) is 0.280. The van der Waals surface area contributed by atoms with Crippen LogP contribution >= 0.6 is 28.3 Å². The van der Waals surface area contributed by atoms with Crippen LogP contribution in [-0.4, -0.2) is 37.3 Å². The second-order valence-electron chi connectivity index (χ2n) is 7.61. The van der Waals surface area contributed by atoms with E-state index in [0.29, 0.717) is 46.1 Å². The van der Waals surface area contributed by atoms with Crippen molar-refractivity contribution >= 4 is 28.3 Å². The van der Waals surface area contributed by atoms with Crippen LogP contribution in [0.15, 0.2) is 65.1 Å². The van der Waals surface area contributed by atoms with Crippen LogP contribution in [0.1, 0.15) is 28.9 Å². The Bertz CT molecular complexity index is 1080. The van der Waals surface area contributed by atoms with Crippen molar-refractivity contribution in [1.29, 1.82) is 0 Å². The van der Waals surface area contributed by atoms with Crippen molar-refractivity contribution in [1.82, 2.24) is 5.32 Å². The summed E-state index contributed by atoms with van der Waals surface area (Å²) in [7, 11) is 1.57. The number of fused-ring (bicyclic) bond motifs is 1. The fourth-order valence-corrected chi connectivity index (χ4v) is 4.14. The molecule has 1 aliphatic heterocycles. The molecule has 0 bridgehead atoms. The first-order valence-electron chi connectivity index (χ1n) is 10.6. The molecule has 3 aromatic carbocycles. The van der Waals surface area contributed by atoms with Gasteiger partial charge in [0.15, 0.2) is 23.0 Å². The molecule has 0 amide bonds. The number of rotatable bonds is 10. The van der Waals surface area contributed by atoms with Crippen molar-refractivity contribution in [3.63, 3.8) is 0 Å². The largest absolute Gasteiger partial charge is 0.493 e. The lowest BCUT2D eigenvalue weighted by Gasteiger charge is -2.18. The van der Waals surface area contributed by atoms with Gasteiger partial charge in [0.2, 0.25) is 6.79 Å². The molecule has 1 heterocycles. The van der Waals surface area contributed by atoms with Crippen LogP contribution in [0, 0.1) is 0 Å². The molecule has 4 rings (SSSR count). The number of aliphatic hydroxyl groups excluding tert-OH is 2. The van der Waals surface area contributed by atoms with Crippen molar-refractivity contribution in [2.75, 3.05) is 27.1 Å². The van der Waals surface area contributed by atoms with E-state index in [4.69, 9.17) is 18.9 Å². The lowest BCUT2D eigenvalue weighted by molar-refractivity contribution is 0.105. The molecule has 0 radical (unpaired) electrons. The molecule has 0 aromatic heterocycles. The molecular formula is C25H27BrClNO6. The topological polar surface area (TPSA) is 89.4 Å². The molecule has 0 saturated carbocycles. The molecule has 182 valence electrons. The predicted molar refractivity (Wildman–Crippen MR) is 134 cm³/mol. The maximum absolute atomic E-state index is 10.6. The van der Waals surface area contributed by atoms with E-state index in [2.05, 4.69) is 21.2 Å². The predicted octanol–water partition coefficient (Wildman–Crippen LogP) is 4.54. The highest BCUT2D eigenvalue weighted by molar-refractivity contribution is 9.10. The summed E-state index contributed by atoms with van der Waals surface area (Å²) in [5.74, 6) is 2.32. The van der Waals surface area contributed by atoms with Crippen molar-refractivity contribution in [3.8, 4) is 23.0 Å². The fourth-order valence-electron chi connectivity index (χ4n) is 3.54. The molecule has 1 aliphatic rings. The summed E-state index contributed by atoms with van der Waals surface area (Å²) in [5, 5.41) is 24.1. The Morgan fingerprint density at radius 2 is 1.74 bits per heavy atom. The van der Waals surface area contributed by atoms with Gasteiger partial charge in [-0.05, 0) is 56.9 Å². The van der Waals surface area contributed by atoms with Crippen molar-refractivity contribution < 1.29 is 29.2 Å². The van der Waals surface area contributed by atoms with Crippen LogP contribution in [0.3, 0.4) is 0 Å². The Morgan fingerprint density at radius 3 is 2.50 bits per heavy atom. The first kappa shape index (κ1) is 26.1. The van der Waals surface area contributed by atoms with E-state index < -0.39 is 12.2 Å². The third kappa shape index (κ3) is 6.34. The molecule has 0 spiro atoms. The number of aliphatic hydroxyl groups is 2. The Morgan fingerprint density at radius 1 is 0.971 bits per heavy atom. The molecule has 2 unspecified atom stereocenters. The maximum Gasteiger partial charge on any atom is 0.231 e. The van der Waals surface area contributed by atoms with Gasteiger partial charge in [-0.1, -0.05) is 36.4 Å². The molecule has 0 fully saturated rings. The summed E-state index contributed by atoms with van der Waals surface area (Å²) in [6, 6.07) is 18.6. The maximum atomic E-state index is 10.6. The average molecular weight is 553 g/mol. The first-order chi connectivity index (χ1) is 16.0. The molecule has 7 nitrogen and oxygen atoms in total. The lowest BCUT2D eigenvalue weighted by atomic mass is 10.1. The smallest absolute Gasteiger partial charge is 0.231 e. The molecule has 2 atom stereocenters. The van der Waals surface area contributed by atoms with Gasteiger partial charge in [-0.3, -0.25) is 0 Å². The van der Waals surface area contributed by atoms with Crippen LogP contribution in [0.4, 0.5) is 0 Å². The highest BCUT2D eigenvalue weighted by Crippen LogP contribution is 2.38. The highest BCUT2D eigenvalue weighted by atomic mass is 79.9. The standard InChI is InChI=1S/C25H26BrNO6.ClH/c1-30-24-10-16(12-27-13-20(28)17-5-3-2-4-6-17)9-19(26)25(24)31-14-21(29)18-7-8-22-23(11-18)33-15-32-22;/h2-11,20-21,27-29H,12-15H2,1H3;1H. The van der Waals surface area contributed by atoms with Gasteiger partial charge >= 0.3 is 0 Å². The monoisotopic (exact) mass is 551 g/mol. The van der Waals surface area contributed by atoms with Gasteiger partial charge in [-0.2, -0.15) is 0 Å². The van der Waals surface area contributed by atoms with Gasteiger partial charge < -0.3 is 34.5 Å². The van der Waals surface area contributed by atoms with Gasteiger partial charge in [0.25, 0.3) is 0 Å². The number of ether oxygens (including phenoxy) is 4. The molecule has 34 heavy (non-hydrogen) atoms. The second kappa shape index (κ2) is 12.3. The normalized spacial score (nSPS) is 13.6. The van der Waals surface area contributed by atoms with Crippen LogP contribution in [0.5, 0.6) is 23.0 Å². The molecule has 0 saturated heterocycles. The Kier molecular flexibility index (Phi) is 9.44. The van der Waals surface area contributed by atoms with Crippen molar-refractivity contribution in [2.24, 2.45) is 0 Å². The average Bonchev–Trinajstić information content (AvgIpc) is 3.31. The molecule has 3 N–H and O–H groups in total. The summed E-state index contributed by atoms with van der Waals surface area (Å²) >= 11 is 3.54. The zero-order chi connectivity index (χ0) is 23.2. The number of nitrogens with one attached hydrogen (secondary N) is 1. The SMILES string of the molecule is COc1cc(CNCC(O)c2ccccc2)cc(Br)c1OCC(O)c1ccc2c(c1)OCO2.Cl. The minimum absolute atomic E-state index is 0. The Hall–Kier alpha value is -2.49. The van der Waals surface area contributed by atoms with Crippen molar-refractivity contribution in [2.45, 2.75) is 18.8 Å². The van der Waals surface area contributed by atoms with E-state index in [1.807, 2.05) is 42.5 Å². The lowest BCUT2D eigenvalue weighted by Crippen LogP contribution is -2.21. The van der Waals surface area contributed by atoms with Crippen LogP contribution in [-0.2, 0) is 6.54 Å². The molecular weight excluding hydrogens is 526 g/mol. The van der Waals surface area contributed by atoms with E-state index in [1.165, 1.54) is 0 Å². The number of halogens is 2. The second-order valence-corrected chi connectivity index (χ2v) is 8.46. The molecule has 3 aromatic rings. The number of hydrogen-bond acceptors (Lipinski definition) is 7. The summed E-state index contributed by atoms with van der Waals surface area (Å²) in [6.45, 7) is 1.18. The minimum atomic E-state index is -0.850. The third-order valence-electron chi connectivity index (χ3n) is 5.31. The third-order valence-corrected chi connectivity index (χ3v) is 5.90. The number of methoxy groups -OCH3 is 1. The summed E-state index contributed by atoms with van der Waals surface area (Å²) in [6.07, 6.45) is -1.44. The minimum Gasteiger partial charge on any atom is -0.493 e. The summed E-state index contributed by atoms with van der Waals surface area (Å²) < 4.78 is 22.8. The van der Waals surface area contributed by atoms with Crippen LogP contribution < -0.4 is 24.3 Å². The number of benzene rings is 3. The van der Waals surface area contributed by atoms with E-state index in [0.717, 1.165) is 11.1 Å². The van der Waals surface area contributed by atoms with E-state index in [9.17, 15) is 10.2 Å². The van der Waals surface area contributed by atoms with E-state index in [1.54, 1.807) is 25.3 Å². The zero-order valence-corrected chi connectivity index (χ0v) is 21.0. The van der Waals surface area contributed by atoms with E-state index >= 15 is 0 Å². The molecule has 0 aliphatic carbocycles. The van der Waals surface area contributed by atoms with Gasteiger partial charge in [0, 0.05) is 13.1 Å². The van der Waals surface area contributed by atoms with Gasteiger partial charge in [0.1, 0.15) is 12.7 Å². The number of hydrogen-bond donors (Lipinski definition) is 3. The van der Waals surface area contributed by atoms with Gasteiger partial charge in [-0.25, -0.2) is 0 Å². The quantitative estimate of drug-likeness (QED) is 0.340. The van der Waals surface area contributed by atoms with Crippen LogP contribution in [0.25, 0.3) is 0 Å². The highest BCUT2D eigenvalue weighted by Gasteiger charge is 2.19. The Balaban J connectivity index is 0.00000324. The van der Waals surface area contributed by atoms with Crippen molar-refractivity contribution in [3.05, 3.63) is 81.8 Å².